The lowest BCUT2D eigenvalue weighted by atomic mass is 10.0. The molecule has 1 N–H and O–H groups in total. The summed E-state index contributed by atoms with van der Waals surface area (Å²) in [6, 6.07) is 14.9. The first-order chi connectivity index (χ1) is 10.1. The van der Waals surface area contributed by atoms with E-state index in [4.69, 9.17) is 16.3 Å². The molecule has 0 heterocycles. The van der Waals surface area contributed by atoms with E-state index >= 15 is 0 Å². The molecule has 0 saturated carbocycles. The second-order valence-electron chi connectivity index (χ2n) is 5.04. The van der Waals surface area contributed by atoms with Gasteiger partial charge in [-0.25, -0.2) is 0 Å². The molecule has 0 unspecified atom stereocenters. The first-order valence-corrected chi connectivity index (χ1v) is 7.21. The van der Waals surface area contributed by atoms with Crippen LogP contribution in [0.5, 0.6) is 5.75 Å². The van der Waals surface area contributed by atoms with Crippen LogP contribution in [0.1, 0.15) is 25.3 Å². The van der Waals surface area contributed by atoms with Crippen molar-refractivity contribution in [1.82, 2.24) is 0 Å². The average Bonchev–Trinajstić information content (AvgIpc) is 2.47. The van der Waals surface area contributed by atoms with E-state index < -0.39 is 0 Å². The van der Waals surface area contributed by atoms with Crippen LogP contribution in [0.25, 0.3) is 0 Å². The Labute approximate surface area is 129 Å². The predicted octanol–water partition coefficient (Wildman–Crippen LogP) is 4.48. The van der Waals surface area contributed by atoms with Crippen LogP contribution in [0, 0.1) is 0 Å². The maximum atomic E-state index is 11.8. The highest BCUT2D eigenvalue weighted by molar-refractivity contribution is 6.32. The van der Waals surface area contributed by atoms with Crippen molar-refractivity contribution >= 4 is 23.2 Å². The van der Waals surface area contributed by atoms with Crippen LogP contribution in [-0.2, 0) is 4.79 Å². The van der Waals surface area contributed by atoms with Gasteiger partial charge in [0.2, 0.25) is 0 Å². The lowest BCUT2D eigenvalue weighted by Crippen LogP contribution is -2.20. The van der Waals surface area contributed by atoms with Gasteiger partial charge in [-0.3, -0.25) is 4.79 Å². The molecule has 0 aliphatic heterocycles. The second-order valence-corrected chi connectivity index (χ2v) is 5.45. The van der Waals surface area contributed by atoms with Crippen molar-refractivity contribution in [3.8, 4) is 5.75 Å². The number of ether oxygens (including phenoxy) is 1. The molecule has 0 spiro atoms. The normalized spacial score (nSPS) is 10.5. The monoisotopic (exact) mass is 303 g/mol. The van der Waals surface area contributed by atoms with Gasteiger partial charge in [0.25, 0.3) is 5.91 Å². The first kappa shape index (κ1) is 15.4. The maximum absolute atomic E-state index is 11.8. The zero-order valence-corrected chi connectivity index (χ0v) is 12.9. The van der Waals surface area contributed by atoms with Crippen molar-refractivity contribution in [2.75, 3.05) is 11.9 Å². The summed E-state index contributed by atoms with van der Waals surface area (Å²) in [7, 11) is 0. The van der Waals surface area contributed by atoms with Crippen LogP contribution in [0.2, 0.25) is 5.02 Å². The highest BCUT2D eigenvalue weighted by Crippen LogP contribution is 2.23. The van der Waals surface area contributed by atoms with E-state index in [0.29, 0.717) is 16.7 Å². The third-order valence-corrected chi connectivity index (χ3v) is 3.37. The second kappa shape index (κ2) is 7.14. The van der Waals surface area contributed by atoms with Gasteiger partial charge in [-0.05, 0) is 35.7 Å². The van der Waals surface area contributed by atoms with Crippen molar-refractivity contribution in [1.29, 1.82) is 0 Å². The van der Waals surface area contributed by atoms with E-state index in [0.717, 1.165) is 5.69 Å². The number of carbonyl (C=O) groups excluding carboxylic acids is 1. The smallest absolute Gasteiger partial charge is 0.262 e. The Morgan fingerprint density at radius 2 is 1.81 bits per heavy atom. The zero-order chi connectivity index (χ0) is 15.2. The summed E-state index contributed by atoms with van der Waals surface area (Å²) in [6.45, 7) is 4.19. The van der Waals surface area contributed by atoms with E-state index in [1.807, 2.05) is 36.4 Å². The fourth-order valence-corrected chi connectivity index (χ4v) is 2.04. The number of halogens is 1. The summed E-state index contributed by atoms with van der Waals surface area (Å²) in [5.74, 6) is 0.759. The number of anilines is 1. The molecule has 21 heavy (non-hydrogen) atoms. The van der Waals surface area contributed by atoms with Crippen molar-refractivity contribution in [2.45, 2.75) is 19.8 Å². The Hall–Kier alpha value is -2.00. The Bertz CT molecular complexity index is 608. The molecule has 0 aliphatic rings. The molecule has 2 rings (SSSR count). The Balaban J connectivity index is 1.88. The number of rotatable bonds is 5. The number of amides is 1. The van der Waals surface area contributed by atoms with Crippen molar-refractivity contribution in [2.24, 2.45) is 0 Å². The van der Waals surface area contributed by atoms with Gasteiger partial charge in [0, 0.05) is 5.69 Å². The number of benzene rings is 2. The van der Waals surface area contributed by atoms with Crippen LogP contribution in [0.3, 0.4) is 0 Å². The molecule has 0 saturated heterocycles. The fourth-order valence-electron chi connectivity index (χ4n) is 1.85. The summed E-state index contributed by atoms with van der Waals surface area (Å²) < 4.78 is 5.39. The highest BCUT2D eigenvalue weighted by Gasteiger charge is 2.06. The number of para-hydroxylation sites is 1. The Morgan fingerprint density at radius 1 is 1.14 bits per heavy atom. The van der Waals surface area contributed by atoms with Crippen LogP contribution < -0.4 is 10.1 Å². The molecule has 2 aromatic carbocycles. The number of hydrogen-bond donors (Lipinski definition) is 1. The molecule has 0 aliphatic carbocycles. The summed E-state index contributed by atoms with van der Waals surface area (Å²) in [5.41, 5.74) is 1.99. The van der Waals surface area contributed by atoms with Gasteiger partial charge in [-0.15, -0.1) is 0 Å². The van der Waals surface area contributed by atoms with Gasteiger partial charge in [-0.2, -0.15) is 0 Å². The van der Waals surface area contributed by atoms with Gasteiger partial charge in [0.15, 0.2) is 6.61 Å². The number of hydrogen-bond acceptors (Lipinski definition) is 2. The van der Waals surface area contributed by atoms with Crippen LogP contribution in [-0.4, -0.2) is 12.5 Å². The number of nitrogens with one attached hydrogen (secondary N) is 1. The van der Waals surface area contributed by atoms with Gasteiger partial charge < -0.3 is 10.1 Å². The fraction of sp³-hybridized carbons (Fsp3) is 0.235. The molecule has 110 valence electrons. The molecular weight excluding hydrogens is 286 g/mol. The van der Waals surface area contributed by atoms with Crippen LogP contribution in [0.4, 0.5) is 5.69 Å². The van der Waals surface area contributed by atoms with Crippen LogP contribution >= 0.6 is 11.6 Å². The van der Waals surface area contributed by atoms with Gasteiger partial charge in [0.05, 0.1) is 5.02 Å². The molecule has 4 heteroatoms. The SMILES string of the molecule is CC(C)c1ccc(NC(=O)COc2ccccc2Cl)cc1. The molecule has 0 atom stereocenters. The average molecular weight is 304 g/mol. The van der Waals surface area contributed by atoms with E-state index in [1.165, 1.54) is 5.56 Å². The molecule has 0 radical (unpaired) electrons. The molecule has 3 nitrogen and oxygen atoms in total. The van der Waals surface area contributed by atoms with E-state index in [1.54, 1.807) is 12.1 Å². The minimum atomic E-state index is -0.216. The predicted molar refractivity (Wildman–Crippen MR) is 86.1 cm³/mol. The lowest BCUT2D eigenvalue weighted by Gasteiger charge is -2.10. The first-order valence-electron chi connectivity index (χ1n) is 6.83. The Kier molecular flexibility index (Phi) is 5.23. The topological polar surface area (TPSA) is 38.3 Å². The van der Waals surface area contributed by atoms with E-state index in [2.05, 4.69) is 19.2 Å². The molecule has 0 aromatic heterocycles. The van der Waals surface area contributed by atoms with Crippen molar-refractivity contribution < 1.29 is 9.53 Å². The summed E-state index contributed by atoms with van der Waals surface area (Å²) in [5, 5.41) is 3.28. The summed E-state index contributed by atoms with van der Waals surface area (Å²) in [6.07, 6.45) is 0. The van der Waals surface area contributed by atoms with Gasteiger partial charge >= 0.3 is 0 Å². The molecule has 0 fully saturated rings. The van der Waals surface area contributed by atoms with Gasteiger partial charge in [-0.1, -0.05) is 49.7 Å². The summed E-state index contributed by atoms with van der Waals surface area (Å²) >= 11 is 5.96. The molecule has 2 aromatic rings. The highest BCUT2D eigenvalue weighted by atomic mass is 35.5. The lowest BCUT2D eigenvalue weighted by molar-refractivity contribution is -0.118. The minimum absolute atomic E-state index is 0.0737. The van der Waals surface area contributed by atoms with E-state index in [9.17, 15) is 4.79 Å². The molecule has 0 bridgehead atoms. The largest absolute Gasteiger partial charge is 0.482 e. The van der Waals surface area contributed by atoms with Gasteiger partial charge in [0.1, 0.15) is 5.75 Å². The van der Waals surface area contributed by atoms with Crippen molar-refractivity contribution in [3.63, 3.8) is 0 Å². The number of carbonyl (C=O) groups is 1. The minimum Gasteiger partial charge on any atom is -0.482 e. The molecule has 1 amide bonds. The Morgan fingerprint density at radius 3 is 2.43 bits per heavy atom. The maximum Gasteiger partial charge on any atom is 0.262 e. The third-order valence-electron chi connectivity index (χ3n) is 3.06. The van der Waals surface area contributed by atoms with Crippen molar-refractivity contribution in [3.05, 3.63) is 59.1 Å². The molecular formula is C17H18ClNO2. The summed E-state index contributed by atoms with van der Waals surface area (Å²) in [4.78, 5) is 11.8. The van der Waals surface area contributed by atoms with Crippen LogP contribution in [0.15, 0.2) is 48.5 Å². The third kappa shape index (κ3) is 4.50. The van der Waals surface area contributed by atoms with E-state index in [-0.39, 0.29) is 12.5 Å². The standard InChI is InChI=1S/C17H18ClNO2/c1-12(2)13-7-9-14(10-8-13)19-17(20)11-21-16-6-4-3-5-15(16)18/h3-10,12H,11H2,1-2H3,(H,19,20). The zero-order valence-electron chi connectivity index (χ0n) is 12.1. The quantitative estimate of drug-likeness (QED) is 0.884.